The molecular weight excluding hydrogens is 268 g/mol. The molecule has 2 rings (SSSR count). The molecule has 2 N–H and O–H groups in total. The summed E-state index contributed by atoms with van der Waals surface area (Å²) in [6.07, 6.45) is 0. The zero-order valence-corrected chi connectivity index (χ0v) is 11.1. The molecule has 0 aliphatic heterocycles. The average Bonchev–Trinajstić information content (AvgIpc) is 2.31. The van der Waals surface area contributed by atoms with Gasteiger partial charge >= 0.3 is 0 Å². The van der Waals surface area contributed by atoms with E-state index < -0.39 is 22.4 Å². The minimum atomic E-state index is -1.39. The second-order valence-corrected chi connectivity index (χ2v) is 5.66. The summed E-state index contributed by atoms with van der Waals surface area (Å²) in [5.74, 6) is -1.29. The van der Waals surface area contributed by atoms with Gasteiger partial charge in [0.1, 0.15) is 11.6 Å². The molecule has 100 valence electrons. The monoisotopic (exact) mass is 281 g/mol. The predicted molar refractivity (Wildman–Crippen MR) is 72.1 cm³/mol. The first-order valence-corrected chi connectivity index (χ1v) is 6.97. The zero-order chi connectivity index (χ0) is 14.0. The fraction of sp³-hybridized carbons (Fsp3) is 0.143. The Labute approximate surface area is 112 Å². The molecule has 5 heteroatoms. The van der Waals surface area contributed by atoms with Crippen LogP contribution in [0.2, 0.25) is 0 Å². The van der Waals surface area contributed by atoms with E-state index in [0.29, 0.717) is 16.1 Å². The van der Waals surface area contributed by atoms with E-state index in [4.69, 9.17) is 5.73 Å². The first-order chi connectivity index (χ1) is 8.97. The minimum absolute atomic E-state index is 0.0545. The summed E-state index contributed by atoms with van der Waals surface area (Å²) >= 11 is 0. The standard InChI is InChI=1S/C14H13F2NOS/c1-9-13(17)3-2-4-14(9)19(18)8-10-5-11(15)7-12(16)6-10/h2-7H,8,17H2,1H3. The van der Waals surface area contributed by atoms with Crippen molar-refractivity contribution in [2.24, 2.45) is 0 Å². The van der Waals surface area contributed by atoms with Crippen LogP contribution in [0, 0.1) is 18.6 Å². The van der Waals surface area contributed by atoms with Crippen LogP contribution in [-0.4, -0.2) is 4.21 Å². The van der Waals surface area contributed by atoms with Gasteiger partial charge in [-0.3, -0.25) is 4.21 Å². The molecule has 0 saturated heterocycles. The highest BCUT2D eigenvalue weighted by Crippen LogP contribution is 2.21. The molecule has 2 aromatic rings. The van der Waals surface area contributed by atoms with Crippen LogP contribution in [0.3, 0.4) is 0 Å². The van der Waals surface area contributed by atoms with Crippen molar-refractivity contribution in [3.8, 4) is 0 Å². The summed E-state index contributed by atoms with van der Waals surface area (Å²) in [5, 5.41) is 0. The third-order valence-corrected chi connectivity index (χ3v) is 4.32. The first-order valence-electron chi connectivity index (χ1n) is 5.66. The SMILES string of the molecule is Cc1c(N)cccc1S(=O)Cc1cc(F)cc(F)c1. The Morgan fingerprint density at radius 3 is 2.42 bits per heavy atom. The van der Waals surface area contributed by atoms with Crippen molar-refractivity contribution in [1.82, 2.24) is 0 Å². The van der Waals surface area contributed by atoms with E-state index in [0.717, 1.165) is 11.6 Å². The number of rotatable bonds is 3. The van der Waals surface area contributed by atoms with Crippen LogP contribution < -0.4 is 5.73 Å². The third-order valence-electron chi connectivity index (χ3n) is 2.79. The predicted octanol–water partition coefficient (Wildman–Crippen LogP) is 3.16. The molecule has 1 atom stereocenters. The van der Waals surface area contributed by atoms with Crippen LogP contribution in [0.15, 0.2) is 41.3 Å². The second-order valence-electron chi connectivity index (χ2n) is 4.24. The van der Waals surface area contributed by atoms with Gasteiger partial charge < -0.3 is 5.73 Å². The lowest BCUT2D eigenvalue weighted by Gasteiger charge is -2.08. The van der Waals surface area contributed by atoms with Crippen molar-refractivity contribution in [3.63, 3.8) is 0 Å². The van der Waals surface area contributed by atoms with E-state index in [9.17, 15) is 13.0 Å². The molecule has 0 saturated carbocycles. The van der Waals surface area contributed by atoms with Gasteiger partial charge in [-0.1, -0.05) is 6.07 Å². The van der Waals surface area contributed by atoms with E-state index in [-0.39, 0.29) is 5.75 Å². The van der Waals surface area contributed by atoms with Gasteiger partial charge in [0.15, 0.2) is 0 Å². The van der Waals surface area contributed by atoms with Crippen LogP contribution in [0.5, 0.6) is 0 Å². The molecular formula is C14H13F2NOS. The van der Waals surface area contributed by atoms with Crippen LogP contribution in [-0.2, 0) is 16.6 Å². The van der Waals surface area contributed by atoms with E-state index in [1.807, 2.05) is 0 Å². The maximum absolute atomic E-state index is 13.1. The Balaban J connectivity index is 2.28. The van der Waals surface area contributed by atoms with E-state index in [1.54, 1.807) is 25.1 Å². The largest absolute Gasteiger partial charge is 0.398 e. The maximum atomic E-state index is 13.1. The lowest BCUT2D eigenvalue weighted by Crippen LogP contribution is -2.02. The van der Waals surface area contributed by atoms with Crippen LogP contribution in [0.4, 0.5) is 14.5 Å². The summed E-state index contributed by atoms with van der Waals surface area (Å²) in [7, 11) is -1.39. The molecule has 0 aromatic heterocycles. The van der Waals surface area contributed by atoms with Crippen LogP contribution in [0.25, 0.3) is 0 Å². The van der Waals surface area contributed by atoms with Gasteiger partial charge in [-0.15, -0.1) is 0 Å². The maximum Gasteiger partial charge on any atom is 0.126 e. The number of anilines is 1. The minimum Gasteiger partial charge on any atom is -0.398 e. The number of nitrogen functional groups attached to an aromatic ring is 1. The van der Waals surface area contributed by atoms with Crippen LogP contribution in [0.1, 0.15) is 11.1 Å². The molecule has 0 aliphatic rings. The Bertz CT molecular complexity index is 623. The molecule has 1 unspecified atom stereocenters. The van der Waals surface area contributed by atoms with Gasteiger partial charge in [0.25, 0.3) is 0 Å². The Kier molecular flexibility index (Phi) is 3.95. The number of nitrogens with two attached hydrogens (primary N) is 1. The van der Waals surface area contributed by atoms with Gasteiger partial charge in [0.2, 0.25) is 0 Å². The van der Waals surface area contributed by atoms with Crippen molar-refractivity contribution in [2.45, 2.75) is 17.6 Å². The fourth-order valence-corrected chi connectivity index (χ4v) is 3.12. The van der Waals surface area contributed by atoms with Gasteiger partial charge in [-0.2, -0.15) is 0 Å². The molecule has 0 amide bonds. The summed E-state index contributed by atoms with van der Waals surface area (Å²) in [4.78, 5) is 0.588. The van der Waals surface area contributed by atoms with Crippen molar-refractivity contribution in [2.75, 3.05) is 5.73 Å². The number of hydrogen-bond acceptors (Lipinski definition) is 2. The Hall–Kier alpha value is -1.75. The average molecular weight is 281 g/mol. The highest BCUT2D eigenvalue weighted by atomic mass is 32.2. The van der Waals surface area contributed by atoms with Crippen molar-refractivity contribution >= 4 is 16.5 Å². The first kappa shape index (κ1) is 13.7. The molecule has 0 fully saturated rings. The van der Waals surface area contributed by atoms with Gasteiger partial charge in [-0.05, 0) is 42.3 Å². The molecule has 0 aliphatic carbocycles. The number of halogens is 2. The molecule has 0 radical (unpaired) electrons. The second kappa shape index (κ2) is 5.48. The topological polar surface area (TPSA) is 43.1 Å². The quantitative estimate of drug-likeness (QED) is 0.878. The summed E-state index contributed by atoms with van der Waals surface area (Å²) in [6.45, 7) is 1.77. The van der Waals surface area contributed by atoms with Crippen molar-refractivity contribution < 1.29 is 13.0 Å². The van der Waals surface area contributed by atoms with Gasteiger partial charge in [-0.25, -0.2) is 8.78 Å². The fourth-order valence-electron chi connectivity index (χ4n) is 1.80. The summed E-state index contributed by atoms with van der Waals surface area (Å²) in [6, 6.07) is 8.29. The van der Waals surface area contributed by atoms with Gasteiger partial charge in [0.05, 0.1) is 16.6 Å². The Morgan fingerprint density at radius 1 is 1.16 bits per heavy atom. The Morgan fingerprint density at radius 2 is 1.79 bits per heavy atom. The highest BCUT2D eigenvalue weighted by Gasteiger charge is 2.11. The molecule has 19 heavy (non-hydrogen) atoms. The van der Waals surface area contributed by atoms with Crippen molar-refractivity contribution in [1.29, 1.82) is 0 Å². The molecule has 0 spiro atoms. The lowest BCUT2D eigenvalue weighted by atomic mass is 10.2. The highest BCUT2D eigenvalue weighted by molar-refractivity contribution is 7.84. The van der Waals surface area contributed by atoms with E-state index >= 15 is 0 Å². The number of hydrogen-bond donors (Lipinski definition) is 1. The van der Waals surface area contributed by atoms with E-state index in [1.165, 1.54) is 12.1 Å². The molecule has 2 nitrogen and oxygen atoms in total. The molecule has 2 aromatic carbocycles. The van der Waals surface area contributed by atoms with Gasteiger partial charge in [0, 0.05) is 16.6 Å². The smallest absolute Gasteiger partial charge is 0.126 e. The number of benzene rings is 2. The zero-order valence-electron chi connectivity index (χ0n) is 10.3. The normalized spacial score (nSPS) is 12.4. The molecule has 0 bridgehead atoms. The van der Waals surface area contributed by atoms with E-state index in [2.05, 4.69) is 0 Å². The summed E-state index contributed by atoms with van der Waals surface area (Å²) < 4.78 is 38.4. The lowest BCUT2D eigenvalue weighted by molar-refractivity contribution is 0.581. The molecule has 0 heterocycles. The summed E-state index contributed by atoms with van der Waals surface area (Å²) in [5.41, 5.74) is 7.39. The van der Waals surface area contributed by atoms with Crippen molar-refractivity contribution in [3.05, 3.63) is 59.2 Å². The third kappa shape index (κ3) is 3.17. The van der Waals surface area contributed by atoms with Crippen LogP contribution >= 0.6 is 0 Å².